The molecule has 0 fully saturated rings. The summed E-state index contributed by atoms with van der Waals surface area (Å²) in [5.74, 6) is 1.86. The van der Waals surface area contributed by atoms with E-state index in [1.54, 1.807) is 12.1 Å². The minimum atomic E-state index is -4.42. The average Bonchev–Trinajstić information content (AvgIpc) is 3.76. The van der Waals surface area contributed by atoms with Crippen molar-refractivity contribution >= 4 is 44.6 Å². The van der Waals surface area contributed by atoms with Crippen LogP contribution in [0, 0.1) is 18.8 Å². The van der Waals surface area contributed by atoms with Gasteiger partial charge in [0, 0.05) is 66.9 Å². The third-order valence-corrected chi connectivity index (χ3v) is 10.9. The van der Waals surface area contributed by atoms with Crippen molar-refractivity contribution in [3.8, 4) is 28.4 Å². The quantitative estimate of drug-likeness (QED) is 0.156. The number of aromatic nitrogens is 2. The Morgan fingerprint density at radius 2 is 1.23 bits per heavy atom. The van der Waals surface area contributed by atoms with Gasteiger partial charge in [0.2, 0.25) is 0 Å². The maximum absolute atomic E-state index is 13.5. The van der Waals surface area contributed by atoms with Crippen LogP contribution >= 0.6 is 0 Å². The molecule has 0 spiro atoms. The molecule has 1 aliphatic rings. The average molecular weight is 979 g/mol. The number of nitrogens with zero attached hydrogens (tertiary/aromatic N) is 4. The molecule has 9 rings (SSSR count). The van der Waals surface area contributed by atoms with E-state index in [4.69, 9.17) is 9.72 Å². The molecule has 60 heavy (non-hydrogen) atoms. The maximum Gasteiger partial charge on any atom is 0.416 e. The molecule has 6 aromatic carbocycles. The molecular weight excluding hydrogens is 937 g/mol. The molecule has 0 unspecified atom stereocenters. The molecule has 0 bridgehead atoms. The first-order valence-electron chi connectivity index (χ1n) is 19.6. The number of hydrogen-bond acceptors (Lipinski definition) is 4. The van der Waals surface area contributed by atoms with Crippen molar-refractivity contribution in [3.05, 3.63) is 175 Å². The van der Waals surface area contributed by atoms with Crippen LogP contribution in [0.1, 0.15) is 58.2 Å². The fraction of sp³-hybridized carbons (Fsp3) is 0.176. The first-order valence-corrected chi connectivity index (χ1v) is 19.6. The summed E-state index contributed by atoms with van der Waals surface area (Å²) in [6.07, 6.45) is -2.56. The van der Waals surface area contributed by atoms with E-state index in [1.165, 1.54) is 5.56 Å². The maximum atomic E-state index is 13.5. The number of para-hydroxylation sites is 3. The van der Waals surface area contributed by atoms with Crippen molar-refractivity contribution in [3.63, 3.8) is 0 Å². The smallest absolute Gasteiger partial charge is 0.416 e. The van der Waals surface area contributed by atoms with Gasteiger partial charge in [-0.25, -0.2) is 4.98 Å². The molecule has 2 aromatic heterocycles. The van der Waals surface area contributed by atoms with Crippen LogP contribution in [-0.4, -0.2) is 9.55 Å². The SMILES string of the molecule is CC(C)(C)c1ccnc(-n2c3[c-]c(Oc4[c-]c(N5[CH-]N(c6cc(C(C)(C)C)ccc6-c6ccc(C(F)(F)F)cc6)c6ccccc65)ccc4)ccc3c3ccccc32)c1.[Pt]. The van der Waals surface area contributed by atoms with Crippen molar-refractivity contribution < 1.29 is 39.0 Å². The van der Waals surface area contributed by atoms with Crippen LogP contribution in [0.3, 0.4) is 0 Å². The number of pyridine rings is 1. The number of hydrogen-bond donors (Lipinski definition) is 0. The Morgan fingerprint density at radius 1 is 0.583 bits per heavy atom. The topological polar surface area (TPSA) is 33.5 Å². The van der Waals surface area contributed by atoms with Crippen LogP contribution in [0.2, 0.25) is 0 Å². The monoisotopic (exact) mass is 978 g/mol. The third-order valence-electron chi connectivity index (χ3n) is 10.9. The zero-order valence-corrected chi connectivity index (χ0v) is 36.3. The van der Waals surface area contributed by atoms with E-state index in [1.807, 2.05) is 79.6 Å². The zero-order valence-electron chi connectivity index (χ0n) is 34.0. The molecule has 0 amide bonds. The Labute approximate surface area is 363 Å². The van der Waals surface area contributed by atoms with E-state index >= 15 is 0 Å². The molecule has 0 atom stereocenters. The van der Waals surface area contributed by atoms with Crippen molar-refractivity contribution in [2.75, 3.05) is 9.80 Å². The summed E-state index contributed by atoms with van der Waals surface area (Å²) in [6.45, 7) is 15.0. The Morgan fingerprint density at radius 3 is 1.95 bits per heavy atom. The standard InChI is InChI=1S/C51H42F3N4O.Pt/c1-49(2,3)35-22-24-40(33-18-20-34(21-19-33)51(52,53)54)46(28-35)57-32-56(44-16-9-10-17-45(44)57)37-12-11-13-38(30-37)59-39-23-25-42-41-14-7-8-15-43(41)58(47(42)31-39)48-29-36(26-27-55-48)50(4,5)6;/h7-29,32H,1-6H3;/q-3;. The predicted octanol–water partition coefficient (Wildman–Crippen LogP) is 14.3. The van der Waals surface area contributed by atoms with Gasteiger partial charge in [-0.2, -0.15) is 25.3 Å². The predicted molar refractivity (Wildman–Crippen MR) is 232 cm³/mol. The molecule has 3 heterocycles. The fourth-order valence-electron chi connectivity index (χ4n) is 7.71. The van der Waals surface area contributed by atoms with Crippen LogP contribution in [-0.2, 0) is 38.1 Å². The van der Waals surface area contributed by atoms with Crippen molar-refractivity contribution in [2.45, 2.75) is 58.5 Å². The number of ether oxygens (including phenoxy) is 1. The van der Waals surface area contributed by atoms with E-state index in [0.717, 1.165) is 73.6 Å². The summed E-state index contributed by atoms with van der Waals surface area (Å²) < 4.78 is 49.3. The third kappa shape index (κ3) is 7.58. The van der Waals surface area contributed by atoms with E-state index < -0.39 is 11.7 Å². The summed E-state index contributed by atoms with van der Waals surface area (Å²) in [5.41, 5.74) is 8.19. The molecule has 8 aromatic rings. The van der Waals surface area contributed by atoms with Crippen LogP contribution in [0.5, 0.6) is 11.5 Å². The zero-order chi connectivity index (χ0) is 41.3. The van der Waals surface area contributed by atoms with Crippen LogP contribution < -0.4 is 14.5 Å². The number of rotatable bonds is 6. The molecule has 0 aliphatic carbocycles. The molecular formula is C51H42F3N4OPt-3. The Kier molecular flexibility index (Phi) is 10.4. The molecule has 5 nitrogen and oxygen atoms in total. The molecule has 0 N–H and O–H groups in total. The van der Waals surface area contributed by atoms with Crippen molar-refractivity contribution in [1.29, 1.82) is 0 Å². The van der Waals surface area contributed by atoms with Gasteiger partial charge in [0.15, 0.2) is 0 Å². The number of fused-ring (bicyclic) bond motifs is 4. The van der Waals surface area contributed by atoms with Gasteiger partial charge in [0.1, 0.15) is 5.82 Å². The Balaban J connectivity index is 0.00000499. The van der Waals surface area contributed by atoms with Gasteiger partial charge in [-0.15, -0.1) is 48.1 Å². The fourth-order valence-corrected chi connectivity index (χ4v) is 7.71. The molecule has 0 saturated heterocycles. The van der Waals surface area contributed by atoms with Crippen molar-refractivity contribution in [2.24, 2.45) is 0 Å². The molecule has 1 aliphatic heterocycles. The summed E-state index contributed by atoms with van der Waals surface area (Å²) in [5, 5.41) is 2.15. The normalized spacial score (nSPS) is 13.2. The molecule has 0 saturated carbocycles. The van der Waals surface area contributed by atoms with Gasteiger partial charge in [-0.05, 0) is 81.4 Å². The minimum absolute atomic E-state index is 0. The van der Waals surface area contributed by atoms with Gasteiger partial charge in [-0.1, -0.05) is 102 Å². The van der Waals surface area contributed by atoms with Crippen LogP contribution in [0.25, 0.3) is 38.8 Å². The second kappa shape index (κ2) is 15.3. The first-order chi connectivity index (χ1) is 28.1. The van der Waals surface area contributed by atoms with E-state index in [0.29, 0.717) is 17.1 Å². The van der Waals surface area contributed by atoms with Gasteiger partial charge < -0.3 is 19.1 Å². The number of anilines is 4. The Hall–Kier alpha value is -5.85. The van der Waals surface area contributed by atoms with Gasteiger partial charge in [0.25, 0.3) is 0 Å². The summed E-state index contributed by atoms with van der Waals surface area (Å²) in [7, 11) is 0. The van der Waals surface area contributed by atoms with E-state index in [9.17, 15) is 13.2 Å². The molecule has 0 radical (unpaired) electrons. The van der Waals surface area contributed by atoms with Gasteiger partial charge >= 0.3 is 6.18 Å². The second-order valence-electron chi connectivity index (χ2n) is 17.0. The molecule has 9 heteroatoms. The number of alkyl halides is 3. The summed E-state index contributed by atoms with van der Waals surface area (Å²) >= 11 is 0. The van der Waals surface area contributed by atoms with Gasteiger partial charge in [0.05, 0.1) is 5.56 Å². The van der Waals surface area contributed by atoms with E-state index in [2.05, 4.69) is 111 Å². The number of benzene rings is 6. The summed E-state index contributed by atoms with van der Waals surface area (Å²) in [4.78, 5) is 8.96. The second-order valence-corrected chi connectivity index (χ2v) is 17.0. The van der Waals surface area contributed by atoms with Gasteiger partial charge in [-0.3, -0.25) is 0 Å². The number of halogens is 3. The van der Waals surface area contributed by atoms with Crippen molar-refractivity contribution in [1.82, 2.24) is 9.55 Å². The van der Waals surface area contributed by atoms with Crippen LogP contribution in [0.15, 0.2) is 140 Å². The first kappa shape index (κ1) is 40.9. The van der Waals surface area contributed by atoms with Crippen LogP contribution in [0.4, 0.5) is 35.9 Å². The largest absolute Gasteiger partial charge is 0.509 e. The molecule has 306 valence electrons. The summed E-state index contributed by atoms with van der Waals surface area (Å²) in [6, 6.07) is 49.0. The van der Waals surface area contributed by atoms with E-state index in [-0.39, 0.29) is 31.9 Å². The Bertz CT molecular complexity index is 2870. The minimum Gasteiger partial charge on any atom is -0.509 e.